The van der Waals surface area contributed by atoms with Gasteiger partial charge in [0.2, 0.25) is 0 Å². The summed E-state index contributed by atoms with van der Waals surface area (Å²) in [5.74, 6) is 0. The Labute approximate surface area is 136 Å². The molecule has 0 aliphatic rings. The van der Waals surface area contributed by atoms with Gasteiger partial charge in [0.05, 0.1) is 19.3 Å². The second-order valence-electron chi connectivity index (χ2n) is 7.41. The summed E-state index contributed by atoms with van der Waals surface area (Å²) in [4.78, 5) is 0. The van der Waals surface area contributed by atoms with Crippen LogP contribution < -0.4 is 0 Å². The van der Waals surface area contributed by atoms with Gasteiger partial charge >= 0.3 is 0 Å². The molecular formula is C18H32O3Si. The summed E-state index contributed by atoms with van der Waals surface area (Å²) in [5.41, 5.74) is 1.14. The van der Waals surface area contributed by atoms with Gasteiger partial charge in [0, 0.05) is 6.61 Å². The van der Waals surface area contributed by atoms with Gasteiger partial charge in [-0.3, -0.25) is 0 Å². The van der Waals surface area contributed by atoms with Crippen LogP contribution in [0.4, 0.5) is 0 Å². The van der Waals surface area contributed by atoms with Crippen LogP contribution in [0.1, 0.15) is 39.2 Å². The minimum Gasteiger partial charge on any atom is -0.417 e. The molecule has 22 heavy (non-hydrogen) atoms. The molecule has 0 heterocycles. The van der Waals surface area contributed by atoms with Gasteiger partial charge < -0.3 is 14.3 Å². The molecule has 1 N–H and O–H groups in total. The van der Waals surface area contributed by atoms with Gasteiger partial charge in [-0.15, -0.1) is 0 Å². The van der Waals surface area contributed by atoms with Gasteiger partial charge in [-0.25, -0.2) is 0 Å². The first kappa shape index (κ1) is 19.4. The van der Waals surface area contributed by atoms with E-state index in [1.165, 1.54) is 0 Å². The fourth-order valence-corrected chi connectivity index (χ4v) is 2.92. The molecule has 0 unspecified atom stereocenters. The highest BCUT2D eigenvalue weighted by Crippen LogP contribution is 2.36. The Bertz CT molecular complexity index is 412. The minimum absolute atomic E-state index is 0.240. The summed E-state index contributed by atoms with van der Waals surface area (Å²) in [6.07, 6.45) is 1.19. The molecule has 0 saturated heterocycles. The highest BCUT2D eigenvalue weighted by molar-refractivity contribution is 6.74. The van der Waals surface area contributed by atoms with Crippen molar-refractivity contribution in [1.82, 2.24) is 0 Å². The molecule has 0 radical (unpaired) electrons. The smallest absolute Gasteiger partial charge is 0.191 e. The lowest BCUT2D eigenvalue weighted by Gasteiger charge is -2.36. The summed E-state index contributed by atoms with van der Waals surface area (Å²) in [6.45, 7) is 12.9. The first-order valence-electron chi connectivity index (χ1n) is 8.16. The van der Waals surface area contributed by atoms with Gasteiger partial charge in [-0.2, -0.15) is 0 Å². The van der Waals surface area contributed by atoms with Crippen molar-refractivity contribution in [2.24, 2.45) is 0 Å². The van der Waals surface area contributed by atoms with Crippen LogP contribution in [0, 0.1) is 0 Å². The molecule has 0 aliphatic carbocycles. The number of hydrogen-bond donors (Lipinski definition) is 1. The molecule has 0 amide bonds. The van der Waals surface area contributed by atoms with Crippen molar-refractivity contribution in [3.8, 4) is 0 Å². The van der Waals surface area contributed by atoms with Crippen LogP contribution in [0.5, 0.6) is 0 Å². The van der Waals surface area contributed by atoms with E-state index in [-0.39, 0.29) is 5.04 Å². The number of aliphatic hydroxyl groups excluding tert-OH is 1. The first-order chi connectivity index (χ1) is 10.2. The Morgan fingerprint density at radius 1 is 1.14 bits per heavy atom. The zero-order chi connectivity index (χ0) is 16.6. The maximum Gasteiger partial charge on any atom is 0.191 e. The Morgan fingerprint density at radius 3 is 2.36 bits per heavy atom. The summed E-state index contributed by atoms with van der Waals surface area (Å²) in [5, 5.41) is 10.2. The predicted molar refractivity (Wildman–Crippen MR) is 94.5 cm³/mol. The van der Waals surface area contributed by atoms with Crippen LogP contribution in [-0.2, 0) is 15.8 Å². The Hall–Kier alpha value is -0.683. The zero-order valence-corrected chi connectivity index (χ0v) is 15.8. The van der Waals surface area contributed by atoms with E-state index in [4.69, 9.17) is 9.16 Å². The second kappa shape index (κ2) is 8.82. The fourth-order valence-electron chi connectivity index (χ4n) is 1.83. The van der Waals surface area contributed by atoms with Crippen LogP contribution in [0.3, 0.4) is 0 Å². The first-order valence-corrected chi connectivity index (χ1v) is 11.1. The number of hydrogen-bond acceptors (Lipinski definition) is 3. The largest absolute Gasteiger partial charge is 0.417 e. The van der Waals surface area contributed by atoms with Crippen molar-refractivity contribution < 1.29 is 14.3 Å². The lowest BCUT2D eigenvalue weighted by atomic mass is 10.2. The second-order valence-corrected chi connectivity index (χ2v) is 12.2. The molecule has 126 valence electrons. The lowest BCUT2D eigenvalue weighted by molar-refractivity contribution is 0.0218. The van der Waals surface area contributed by atoms with Gasteiger partial charge in [0.25, 0.3) is 0 Å². The van der Waals surface area contributed by atoms with Gasteiger partial charge in [0.15, 0.2) is 8.32 Å². The van der Waals surface area contributed by atoms with E-state index < -0.39 is 14.4 Å². The molecule has 1 aromatic rings. The molecule has 0 spiro atoms. The molecule has 1 rings (SSSR count). The summed E-state index contributed by atoms with van der Waals surface area (Å²) in [7, 11) is -1.66. The summed E-state index contributed by atoms with van der Waals surface area (Å²) in [6, 6.07) is 10.0. The molecule has 0 saturated carbocycles. The fraction of sp³-hybridized carbons (Fsp3) is 0.667. The van der Waals surface area contributed by atoms with Crippen molar-refractivity contribution in [3.63, 3.8) is 0 Å². The van der Waals surface area contributed by atoms with Crippen LogP contribution >= 0.6 is 0 Å². The minimum atomic E-state index is -1.66. The maximum absolute atomic E-state index is 9.95. The number of aliphatic hydroxyl groups is 1. The quantitative estimate of drug-likeness (QED) is 0.541. The van der Waals surface area contributed by atoms with Crippen molar-refractivity contribution in [2.75, 3.05) is 13.2 Å². The third-order valence-electron chi connectivity index (χ3n) is 4.37. The van der Waals surface area contributed by atoms with Crippen molar-refractivity contribution in [3.05, 3.63) is 35.9 Å². The van der Waals surface area contributed by atoms with E-state index in [1.807, 2.05) is 30.3 Å². The third kappa shape index (κ3) is 7.05. The average molecular weight is 325 g/mol. The topological polar surface area (TPSA) is 38.7 Å². The van der Waals surface area contributed by atoms with E-state index in [2.05, 4.69) is 33.9 Å². The molecule has 0 aromatic heterocycles. The van der Waals surface area contributed by atoms with E-state index in [1.54, 1.807) is 0 Å². The molecule has 1 atom stereocenters. The maximum atomic E-state index is 9.95. The highest BCUT2D eigenvalue weighted by atomic mass is 28.4. The summed E-state index contributed by atoms with van der Waals surface area (Å²) < 4.78 is 11.7. The molecular weight excluding hydrogens is 292 g/mol. The number of rotatable bonds is 9. The standard InChI is InChI=1S/C18H32O3Si/c1-18(2,3)22(4,5)21-13-9-12-17(19)15-20-14-16-10-7-6-8-11-16/h6-8,10-11,17,19H,9,12-15H2,1-5H3/t17-/m0/s1. The van der Waals surface area contributed by atoms with E-state index >= 15 is 0 Å². The molecule has 3 nitrogen and oxygen atoms in total. The van der Waals surface area contributed by atoms with Gasteiger partial charge in [-0.05, 0) is 36.5 Å². The van der Waals surface area contributed by atoms with Crippen molar-refractivity contribution in [1.29, 1.82) is 0 Å². The van der Waals surface area contributed by atoms with Crippen LogP contribution in [0.15, 0.2) is 30.3 Å². The Kier molecular flexibility index (Phi) is 7.76. The third-order valence-corrected chi connectivity index (χ3v) is 8.91. The Morgan fingerprint density at radius 2 is 1.77 bits per heavy atom. The van der Waals surface area contributed by atoms with E-state index in [0.717, 1.165) is 25.0 Å². The average Bonchev–Trinajstić information content (AvgIpc) is 2.43. The SMILES string of the molecule is CC(C)(C)[Si](C)(C)OCCC[C@H](O)COCc1ccccc1. The highest BCUT2D eigenvalue weighted by Gasteiger charge is 2.36. The van der Waals surface area contributed by atoms with E-state index in [9.17, 15) is 5.11 Å². The molecule has 1 aromatic carbocycles. The monoisotopic (exact) mass is 324 g/mol. The number of ether oxygens (including phenoxy) is 1. The van der Waals surface area contributed by atoms with E-state index in [0.29, 0.717) is 13.2 Å². The van der Waals surface area contributed by atoms with Gasteiger partial charge in [0.1, 0.15) is 0 Å². The molecule has 0 fully saturated rings. The molecule has 0 bridgehead atoms. The number of benzene rings is 1. The zero-order valence-electron chi connectivity index (χ0n) is 14.8. The predicted octanol–water partition coefficient (Wildman–Crippen LogP) is 4.37. The lowest BCUT2D eigenvalue weighted by Crippen LogP contribution is -2.41. The normalized spacial score (nSPS) is 14.1. The Balaban J connectivity index is 2.12. The van der Waals surface area contributed by atoms with Gasteiger partial charge in [-0.1, -0.05) is 51.1 Å². The van der Waals surface area contributed by atoms with Crippen molar-refractivity contribution >= 4 is 8.32 Å². The molecule has 4 heteroatoms. The van der Waals surface area contributed by atoms with Crippen LogP contribution in [0.25, 0.3) is 0 Å². The molecule has 0 aliphatic heterocycles. The van der Waals surface area contributed by atoms with Crippen LogP contribution in [-0.4, -0.2) is 32.7 Å². The van der Waals surface area contributed by atoms with Crippen LogP contribution in [0.2, 0.25) is 18.1 Å². The van der Waals surface area contributed by atoms with Crippen molar-refractivity contribution in [2.45, 2.75) is 64.5 Å². The summed E-state index contributed by atoms with van der Waals surface area (Å²) >= 11 is 0.